The first-order chi connectivity index (χ1) is 8.44. The Bertz CT molecular complexity index is 505. The first-order valence-electron chi connectivity index (χ1n) is 6.17. The molecule has 0 saturated carbocycles. The van der Waals surface area contributed by atoms with Gasteiger partial charge in [0.15, 0.2) is 9.84 Å². The first kappa shape index (κ1) is 13.3. The van der Waals surface area contributed by atoms with Gasteiger partial charge in [0.05, 0.1) is 17.2 Å². The van der Waals surface area contributed by atoms with Gasteiger partial charge in [-0.1, -0.05) is 5.57 Å². The highest BCUT2D eigenvalue weighted by Crippen LogP contribution is 2.21. The van der Waals surface area contributed by atoms with Gasteiger partial charge in [-0.3, -0.25) is 4.79 Å². The Morgan fingerprint density at radius 2 is 2.28 bits per heavy atom. The summed E-state index contributed by atoms with van der Waals surface area (Å²) in [4.78, 5) is 11.6. The van der Waals surface area contributed by atoms with Crippen molar-refractivity contribution in [3.63, 3.8) is 0 Å². The molecule has 2 rings (SSSR count). The molecule has 2 aliphatic rings. The SMILES string of the molecule is CC1=C/C(=N/NC(=O)C[C@@H]2CCS(=O)(=O)C2)CC1. The topological polar surface area (TPSA) is 75.6 Å². The molecule has 1 saturated heterocycles. The van der Waals surface area contributed by atoms with Crippen LogP contribution in [0, 0.1) is 5.92 Å². The lowest BCUT2D eigenvalue weighted by molar-refractivity contribution is -0.121. The van der Waals surface area contributed by atoms with Crippen LogP contribution in [0.15, 0.2) is 16.8 Å². The molecule has 0 radical (unpaired) electrons. The zero-order valence-electron chi connectivity index (χ0n) is 10.5. The van der Waals surface area contributed by atoms with Crippen LogP contribution in [0.3, 0.4) is 0 Å². The van der Waals surface area contributed by atoms with Crippen molar-refractivity contribution in [1.29, 1.82) is 0 Å². The first-order valence-corrected chi connectivity index (χ1v) is 8.00. The molecule has 18 heavy (non-hydrogen) atoms. The summed E-state index contributed by atoms with van der Waals surface area (Å²) in [6, 6.07) is 0. The number of hydrogen-bond acceptors (Lipinski definition) is 4. The molecular formula is C12H18N2O3S. The molecule has 0 bridgehead atoms. The van der Waals surface area contributed by atoms with Crippen molar-refractivity contribution in [3.8, 4) is 0 Å². The molecule has 5 nitrogen and oxygen atoms in total. The van der Waals surface area contributed by atoms with E-state index in [2.05, 4.69) is 10.5 Å². The third-order valence-corrected chi connectivity index (χ3v) is 5.15. The van der Waals surface area contributed by atoms with E-state index in [9.17, 15) is 13.2 Å². The minimum Gasteiger partial charge on any atom is -0.273 e. The van der Waals surface area contributed by atoms with E-state index in [0.717, 1.165) is 18.6 Å². The standard InChI is InChI=1S/C12H18N2O3S/c1-9-2-3-11(6-9)13-14-12(15)7-10-4-5-18(16,17)8-10/h6,10H,2-5,7-8H2,1H3,(H,14,15)/b13-11+/t10-/m0/s1. The summed E-state index contributed by atoms with van der Waals surface area (Å²) in [5.41, 5.74) is 4.67. The number of amides is 1. The Balaban J connectivity index is 1.80. The second kappa shape index (κ2) is 5.22. The van der Waals surface area contributed by atoms with Crippen LogP contribution in [0.1, 0.15) is 32.6 Å². The van der Waals surface area contributed by atoms with E-state index >= 15 is 0 Å². The van der Waals surface area contributed by atoms with Gasteiger partial charge >= 0.3 is 0 Å². The molecule has 1 fully saturated rings. The molecule has 1 aliphatic carbocycles. The molecule has 1 amide bonds. The number of sulfone groups is 1. The Hall–Kier alpha value is -1.17. The van der Waals surface area contributed by atoms with Gasteiger partial charge in [-0.25, -0.2) is 13.8 Å². The van der Waals surface area contributed by atoms with Gasteiger partial charge in [0.2, 0.25) is 5.91 Å². The average molecular weight is 270 g/mol. The minimum absolute atomic E-state index is 0.0453. The van der Waals surface area contributed by atoms with Crippen molar-refractivity contribution >= 4 is 21.5 Å². The van der Waals surface area contributed by atoms with Crippen LogP contribution in [0.25, 0.3) is 0 Å². The van der Waals surface area contributed by atoms with Gasteiger partial charge in [0, 0.05) is 6.42 Å². The average Bonchev–Trinajstić information content (AvgIpc) is 2.82. The van der Waals surface area contributed by atoms with E-state index in [1.807, 2.05) is 13.0 Å². The van der Waals surface area contributed by atoms with Crippen molar-refractivity contribution in [2.45, 2.75) is 32.6 Å². The fraction of sp³-hybridized carbons (Fsp3) is 0.667. The van der Waals surface area contributed by atoms with Gasteiger partial charge < -0.3 is 0 Å². The molecule has 0 unspecified atom stereocenters. The Labute approximate surface area is 107 Å². The lowest BCUT2D eigenvalue weighted by Crippen LogP contribution is -2.22. The zero-order chi connectivity index (χ0) is 13.2. The minimum atomic E-state index is -2.90. The number of nitrogens with zero attached hydrogens (tertiary/aromatic N) is 1. The second-order valence-electron chi connectivity index (χ2n) is 5.10. The molecular weight excluding hydrogens is 252 g/mol. The van der Waals surface area contributed by atoms with Crippen LogP contribution in [0.4, 0.5) is 0 Å². The van der Waals surface area contributed by atoms with E-state index in [4.69, 9.17) is 0 Å². The van der Waals surface area contributed by atoms with Crippen LogP contribution in [-0.4, -0.2) is 31.5 Å². The van der Waals surface area contributed by atoms with Crippen molar-refractivity contribution in [3.05, 3.63) is 11.6 Å². The van der Waals surface area contributed by atoms with Crippen LogP contribution in [-0.2, 0) is 14.6 Å². The van der Waals surface area contributed by atoms with Gasteiger partial charge in [-0.05, 0) is 38.2 Å². The molecule has 1 N–H and O–H groups in total. The van der Waals surface area contributed by atoms with Crippen molar-refractivity contribution in [2.75, 3.05) is 11.5 Å². The highest BCUT2D eigenvalue weighted by molar-refractivity contribution is 7.91. The molecule has 0 aromatic carbocycles. The summed E-state index contributed by atoms with van der Waals surface area (Å²) < 4.78 is 22.5. The van der Waals surface area contributed by atoms with E-state index in [1.165, 1.54) is 5.57 Å². The summed E-state index contributed by atoms with van der Waals surface area (Å²) in [5, 5.41) is 4.04. The van der Waals surface area contributed by atoms with Gasteiger partial charge in [-0.15, -0.1) is 0 Å². The number of nitrogens with one attached hydrogen (secondary N) is 1. The van der Waals surface area contributed by atoms with Gasteiger partial charge in [-0.2, -0.15) is 5.10 Å². The normalized spacial score (nSPS) is 28.4. The monoisotopic (exact) mass is 270 g/mol. The highest BCUT2D eigenvalue weighted by atomic mass is 32.2. The number of allylic oxidation sites excluding steroid dienone is 2. The van der Waals surface area contributed by atoms with Crippen molar-refractivity contribution in [1.82, 2.24) is 5.43 Å². The maximum absolute atomic E-state index is 11.6. The summed E-state index contributed by atoms with van der Waals surface area (Å²) >= 11 is 0. The number of hydrogen-bond donors (Lipinski definition) is 1. The van der Waals surface area contributed by atoms with Crippen LogP contribution in [0.2, 0.25) is 0 Å². The lowest BCUT2D eigenvalue weighted by atomic mass is 10.1. The van der Waals surface area contributed by atoms with E-state index in [1.54, 1.807) is 0 Å². The molecule has 100 valence electrons. The summed E-state index contributed by atoms with van der Waals surface area (Å²) in [7, 11) is -2.90. The fourth-order valence-corrected chi connectivity index (χ4v) is 4.18. The van der Waals surface area contributed by atoms with E-state index in [-0.39, 0.29) is 29.8 Å². The largest absolute Gasteiger partial charge is 0.273 e. The van der Waals surface area contributed by atoms with Crippen molar-refractivity contribution < 1.29 is 13.2 Å². The quantitative estimate of drug-likeness (QED) is 0.778. The highest BCUT2D eigenvalue weighted by Gasteiger charge is 2.29. The van der Waals surface area contributed by atoms with Crippen molar-refractivity contribution in [2.24, 2.45) is 11.0 Å². The second-order valence-corrected chi connectivity index (χ2v) is 7.33. The Kier molecular flexibility index (Phi) is 3.85. The Morgan fingerprint density at radius 3 is 2.83 bits per heavy atom. The zero-order valence-corrected chi connectivity index (χ0v) is 11.3. The van der Waals surface area contributed by atoms with Crippen LogP contribution in [0.5, 0.6) is 0 Å². The maximum atomic E-state index is 11.6. The van der Waals surface area contributed by atoms with E-state index in [0.29, 0.717) is 6.42 Å². The molecule has 6 heteroatoms. The summed E-state index contributed by atoms with van der Waals surface area (Å²) in [6.45, 7) is 2.04. The number of carbonyl (C=O) groups excluding carboxylic acids is 1. The molecule has 0 spiro atoms. The number of carbonyl (C=O) groups is 1. The molecule has 0 aromatic heterocycles. The molecule has 1 aliphatic heterocycles. The number of hydrazone groups is 1. The van der Waals surface area contributed by atoms with Gasteiger partial charge in [0.1, 0.15) is 0 Å². The predicted molar refractivity (Wildman–Crippen MR) is 69.9 cm³/mol. The van der Waals surface area contributed by atoms with Gasteiger partial charge in [0.25, 0.3) is 0 Å². The number of rotatable bonds is 3. The summed E-state index contributed by atoms with van der Waals surface area (Å²) in [5.74, 6) is 0.107. The third-order valence-electron chi connectivity index (χ3n) is 3.31. The maximum Gasteiger partial charge on any atom is 0.240 e. The molecule has 1 heterocycles. The smallest absolute Gasteiger partial charge is 0.240 e. The lowest BCUT2D eigenvalue weighted by Gasteiger charge is -2.05. The third kappa shape index (κ3) is 3.66. The Morgan fingerprint density at radius 1 is 1.50 bits per heavy atom. The fourth-order valence-electron chi connectivity index (χ4n) is 2.32. The molecule has 1 atom stereocenters. The van der Waals surface area contributed by atoms with Crippen LogP contribution < -0.4 is 5.43 Å². The summed E-state index contributed by atoms with van der Waals surface area (Å²) in [6.07, 6.45) is 4.67. The predicted octanol–water partition coefficient (Wildman–Crippen LogP) is 1.02. The molecule has 0 aromatic rings. The van der Waals surface area contributed by atoms with Crippen LogP contribution >= 0.6 is 0 Å². The van der Waals surface area contributed by atoms with E-state index < -0.39 is 9.84 Å².